The second kappa shape index (κ2) is 5.15. The van der Waals surface area contributed by atoms with Gasteiger partial charge in [-0.05, 0) is 24.3 Å². The summed E-state index contributed by atoms with van der Waals surface area (Å²) in [6.45, 7) is 0. The molecule has 98 valence electrons. The molecule has 0 spiro atoms. The highest BCUT2D eigenvalue weighted by Crippen LogP contribution is 2.34. The normalized spacial score (nSPS) is 10.3. The third-order valence-electron chi connectivity index (χ3n) is 2.47. The van der Waals surface area contributed by atoms with Gasteiger partial charge in [0.25, 0.3) is 0 Å². The van der Waals surface area contributed by atoms with Gasteiger partial charge in [-0.2, -0.15) is 0 Å². The van der Waals surface area contributed by atoms with E-state index in [1.807, 2.05) is 0 Å². The summed E-state index contributed by atoms with van der Waals surface area (Å²) in [5.41, 5.74) is 0.148. The second-order valence-corrected chi connectivity index (χ2v) is 3.99. The topological polar surface area (TPSA) is 72.2 Å². The molecule has 8 heteroatoms. The lowest BCUT2D eigenvalue weighted by molar-refractivity contribution is -0.384. The maximum atomic E-state index is 12.9. The lowest BCUT2D eigenvalue weighted by Gasteiger charge is -2.17. The summed E-state index contributed by atoms with van der Waals surface area (Å²) >= 11 is 5.70. The van der Waals surface area contributed by atoms with Crippen molar-refractivity contribution < 1.29 is 9.31 Å². The van der Waals surface area contributed by atoms with Crippen LogP contribution in [0.2, 0.25) is 5.15 Å². The lowest BCUT2D eigenvalue weighted by Crippen LogP contribution is -2.14. The molecule has 0 N–H and O–H groups in total. The average Bonchev–Trinajstić information content (AvgIpc) is 2.38. The van der Waals surface area contributed by atoms with Crippen LogP contribution in [0.15, 0.2) is 30.6 Å². The Bertz CT molecular complexity index is 621. The minimum absolute atomic E-state index is 0.0385. The van der Waals surface area contributed by atoms with E-state index in [-0.39, 0.29) is 11.0 Å². The average molecular weight is 283 g/mol. The first kappa shape index (κ1) is 13.2. The van der Waals surface area contributed by atoms with Crippen molar-refractivity contribution in [1.29, 1.82) is 0 Å². The second-order valence-electron chi connectivity index (χ2n) is 3.63. The lowest BCUT2D eigenvalue weighted by atomic mass is 10.3. The fourth-order valence-electron chi connectivity index (χ4n) is 1.54. The van der Waals surface area contributed by atoms with Crippen molar-refractivity contribution in [3.8, 4) is 0 Å². The molecule has 2 aromatic rings. The van der Waals surface area contributed by atoms with Gasteiger partial charge in [-0.25, -0.2) is 14.4 Å². The number of anilines is 2. The van der Waals surface area contributed by atoms with Gasteiger partial charge in [0.2, 0.25) is 11.0 Å². The highest BCUT2D eigenvalue weighted by Gasteiger charge is 2.24. The van der Waals surface area contributed by atoms with Gasteiger partial charge < -0.3 is 4.90 Å². The summed E-state index contributed by atoms with van der Waals surface area (Å²) in [4.78, 5) is 19.2. The molecule has 1 heterocycles. The smallest absolute Gasteiger partial charge is 0.324 e. The van der Waals surface area contributed by atoms with Crippen LogP contribution in [0, 0.1) is 15.9 Å². The Labute approximate surface area is 112 Å². The molecule has 0 fully saturated rings. The Balaban J connectivity index is 2.49. The minimum Gasteiger partial charge on any atom is -0.324 e. The van der Waals surface area contributed by atoms with Crippen LogP contribution in [0.3, 0.4) is 0 Å². The van der Waals surface area contributed by atoms with Crippen LogP contribution >= 0.6 is 11.6 Å². The first-order valence-corrected chi connectivity index (χ1v) is 5.52. The Morgan fingerprint density at radius 2 is 1.95 bits per heavy atom. The van der Waals surface area contributed by atoms with E-state index in [4.69, 9.17) is 11.6 Å². The van der Waals surface area contributed by atoms with Crippen LogP contribution in [0.4, 0.5) is 21.6 Å². The van der Waals surface area contributed by atoms with Crippen LogP contribution in [0.25, 0.3) is 0 Å². The van der Waals surface area contributed by atoms with E-state index < -0.39 is 16.4 Å². The third-order valence-corrected chi connectivity index (χ3v) is 2.75. The van der Waals surface area contributed by atoms with Crippen molar-refractivity contribution in [3.63, 3.8) is 0 Å². The van der Waals surface area contributed by atoms with E-state index in [1.54, 1.807) is 7.05 Å². The van der Waals surface area contributed by atoms with Gasteiger partial charge in [0.1, 0.15) is 12.1 Å². The highest BCUT2D eigenvalue weighted by atomic mass is 35.5. The molecule has 0 aliphatic carbocycles. The summed E-state index contributed by atoms with van der Waals surface area (Å²) < 4.78 is 12.9. The van der Waals surface area contributed by atoms with Gasteiger partial charge in [0.05, 0.1) is 4.92 Å². The molecule has 0 saturated carbocycles. The van der Waals surface area contributed by atoms with Gasteiger partial charge in [-0.15, -0.1) is 0 Å². The van der Waals surface area contributed by atoms with Crippen molar-refractivity contribution in [1.82, 2.24) is 9.97 Å². The van der Waals surface area contributed by atoms with Crippen LogP contribution in [-0.2, 0) is 0 Å². The summed E-state index contributed by atoms with van der Waals surface area (Å²) in [6, 6.07) is 5.46. The first-order chi connectivity index (χ1) is 9.00. The minimum atomic E-state index is -0.655. The number of aromatic nitrogens is 2. The van der Waals surface area contributed by atoms with Gasteiger partial charge >= 0.3 is 5.69 Å². The van der Waals surface area contributed by atoms with E-state index in [0.717, 1.165) is 6.33 Å². The molecule has 2 rings (SSSR count). The Hall–Kier alpha value is -2.28. The number of nitrogens with zero attached hydrogens (tertiary/aromatic N) is 4. The number of benzene rings is 1. The molecule has 19 heavy (non-hydrogen) atoms. The fourth-order valence-corrected chi connectivity index (χ4v) is 1.74. The van der Waals surface area contributed by atoms with E-state index in [2.05, 4.69) is 9.97 Å². The Morgan fingerprint density at radius 1 is 1.32 bits per heavy atom. The molecule has 0 atom stereocenters. The zero-order valence-corrected chi connectivity index (χ0v) is 10.5. The van der Waals surface area contributed by atoms with Crippen LogP contribution in [-0.4, -0.2) is 21.9 Å². The van der Waals surface area contributed by atoms with Crippen molar-refractivity contribution in [2.45, 2.75) is 0 Å². The van der Waals surface area contributed by atoms with Crippen molar-refractivity contribution in [3.05, 3.63) is 51.7 Å². The van der Waals surface area contributed by atoms with E-state index in [1.165, 1.54) is 29.2 Å². The van der Waals surface area contributed by atoms with Gasteiger partial charge in [-0.1, -0.05) is 11.6 Å². The van der Waals surface area contributed by atoms with Crippen LogP contribution in [0.1, 0.15) is 0 Å². The van der Waals surface area contributed by atoms with E-state index in [9.17, 15) is 14.5 Å². The molecule has 0 aliphatic heterocycles. The zero-order valence-electron chi connectivity index (χ0n) is 9.75. The molecule has 1 aromatic heterocycles. The first-order valence-electron chi connectivity index (χ1n) is 5.15. The van der Waals surface area contributed by atoms with Gasteiger partial charge in [0.15, 0.2) is 0 Å². The highest BCUT2D eigenvalue weighted by molar-refractivity contribution is 6.31. The summed E-state index contributed by atoms with van der Waals surface area (Å²) in [6.07, 6.45) is 1.13. The standard InChI is InChI=1S/C11H8ClFN4O2/c1-16(8-4-2-7(13)3-5-8)11-9(17(18)19)10(12)14-6-15-11/h2-6H,1H3. The number of nitro groups is 1. The maximum Gasteiger partial charge on any atom is 0.348 e. The largest absolute Gasteiger partial charge is 0.348 e. The SMILES string of the molecule is CN(c1ccc(F)cc1)c1ncnc(Cl)c1[N+](=O)[O-]. The zero-order chi connectivity index (χ0) is 14.0. The third kappa shape index (κ3) is 2.60. The maximum absolute atomic E-state index is 12.9. The quantitative estimate of drug-likeness (QED) is 0.492. The molecule has 0 unspecified atom stereocenters. The van der Waals surface area contributed by atoms with E-state index >= 15 is 0 Å². The summed E-state index contributed by atoms with van der Waals surface area (Å²) in [7, 11) is 1.57. The molecular weight excluding hydrogens is 275 g/mol. The molecule has 0 amide bonds. The molecule has 0 radical (unpaired) electrons. The number of hydrogen-bond donors (Lipinski definition) is 0. The number of rotatable bonds is 3. The molecule has 0 saturated heterocycles. The van der Waals surface area contributed by atoms with Crippen molar-refractivity contribution in [2.24, 2.45) is 0 Å². The fraction of sp³-hybridized carbons (Fsp3) is 0.0909. The monoisotopic (exact) mass is 282 g/mol. The number of hydrogen-bond acceptors (Lipinski definition) is 5. The van der Waals surface area contributed by atoms with E-state index in [0.29, 0.717) is 5.69 Å². The predicted octanol–water partition coefficient (Wildman–Crippen LogP) is 2.95. The van der Waals surface area contributed by atoms with Crippen molar-refractivity contribution in [2.75, 3.05) is 11.9 Å². The molecule has 0 bridgehead atoms. The van der Waals surface area contributed by atoms with Gasteiger partial charge in [0, 0.05) is 12.7 Å². The van der Waals surface area contributed by atoms with Crippen LogP contribution in [0.5, 0.6) is 0 Å². The van der Waals surface area contributed by atoms with Gasteiger partial charge in [-0.3, -0.25) is 10.1 Å². The molecular formula is C11H8ClFN4O2. The summed E-state index contributed by atoms with van der Waals surface area (Å²) in [5.74, 6) is -0.357. The molecule has 1 aromatic carbocycles. The molecule has 0 aliphatic rings. The summed E-state index contributed by atoms with van der Waals surface area (Å²) in [5, 5.41) is 10.7. The Kier molecular flexibility index (Phi) is 3.57. The Morgan fingerprint density at radius 3 is 2.53 bits per heavy atom. The molecule has 6 nitrogen and oxygen atoms in total. The predicted molar refractivity (Wildman–Crippen MR) is 68.2 cm³/mol. The number of halogens is 2. The van der Waals surface area contributed by atoms with Crippen molar-refractivity contribution >= 4 is 28.8 Å². The van der Waals surface area contributed by atoms with Crippen LogP contribution < -0.4 is 4.90 Å².